The summed E-state index contributed by atoms with van der Waals surface area (Å²) in [7, 11) is 5.39. The number of benzene rings is 1. The number of amides is 1. The van der Waals surface area contributed by atoms with Crippen molar-refractivity contribution in [2.75, 3.05) is 27.7 Å². The number of hydrogen-bond donors (Lipinski definition) is 2. The van der Waals surface area contributed by atoms with E-state index in [0.717, 1.165) is 12.0 Å². The number of likely N-dealkylation sites (N-methyl/N-ethyl adjacent to an activating group) is 1. The lowest BCUT2D eigenvalue weighted by molar-refractivity contribution is -0.294. The normalized spacial score (nSPS) is 38.5. The van der Waals surface area contributed by atoms with Gasteiger partial charge in [0.25, 0.3) is 0 Å². The van der Waals surface area contributed by atoms with Crippen molar-refractivity contribution in [2.24, 2.45) is 17.8 Å². The number of hydrazine groups is 1. The number of aliphatic hydroxyl groups is 1. The van der Waals surface area contributed by atoms with Crippen molar-refractivity contribution >= 4 is 29.4 Å². The Balaban J connectivity index is 1.70. The maximum atomic E-state index is 14.6. The lowest BCUT2D eigenvalue weighted by Crippen LogP contribution is -2.60. The molecule has 12 atom stereocenters. The molecule has 2 N–H and O–H groups in total. The fourth-order valence-corrected chi connectivity index (χ4v) is 8.83. The highest BCUT2D eigenvalue weighted by Gasteiger charge is 2.60. The third kappa shape index (κ3) is 9.63. The predicted molar refractivity (Wildman–Crippen MR) is 202 cm³/mol. The molecule has 0 aromatic heterocycles. The van der Waals surface area contributed by atoms with Gasteiger partial charge < -0.3 is 33.7 Å². The molecule has 2 fully saturated rings. The second kappa shape index (κ2) is 17.9. The first-order valence-corrected chi connectivity index (χ1v) is 19.4. The number of aryl methyl sites for hydroxylation is 1. The van der Waals surface area contributed by atoms with E-state index in [1.54, 1.807) is 34.0 Å². The highest BCUT2D eigenvalue weighted by atomic mass is 35.5. The van der Waals surface area contributed by atoms with E-state index >= 15 is 0 Å². The summed E-state index contributed by atoms with van der Waals surface area (Å²) in [6.07, 6.45) is 0.0136. The number of carbonyl (C=O) groups is 3. The number of halogens is 1. The van der Waals surface area contributed by atoms with Gasteiger partial charge in [-0.25, -0.2) is 20.0 Å². The number of rotatable bonds is 10. The average molecular weight is 764 g/mol. The molecule has 12 nitrogen and oxygen atoms in total. The van der Waals surface area contributed by atoms with Crippen LogP contribution in [0.2, 0.25) is 5.02 Å². The number of hydrogen-bond acceptors (Lipinski definition) is 11. The van der Waals surface area contributed by atoms with Crippen LogP contribution < -0.4 is 5.43 Å². The highest BCUT2D eigenvalue weighted by Crippen LogP contribution is 2.42. The number of nitrogens with zero attached hydrogens (tertiary/aromatic N) is 2. The molecular weight excluding hydrogens is 702 g/mol. The summed E-state index contributed by atoms with van der Waals surface area (Å²) in [6, 6.07) is 6.62. The van der Waals surface area contributed by atoms with Crippen LogP contribution in [0, 0.1) is 17.8 Å². The zero-order valence-corrected chi connectivity index (χ0v) is 34.1. The van der Waals surface area contributed by atoms with Crippen LogP contribution in [0.25, 0.3) is 0 Å². The Morgan fingerprint density at radius 1 is 1.13 bits per heavy atom. The van der Waals surface area contributed by atoms with Gasteiger partial charge in [-0.3, -0.25) is 4.79 Å². The highest BCUT2D eigenvalue weighted by molar-refractivity contribution is 6.30. The molecule has 53 heavy (non-hydrogen) atoms. The Labute approximate surface area is 320 Å². The number of ether oxygens (including phenoxy) is 5. The molecule has 0 bridgehead atoms. The van der Waals surface area contributed by atoms with Gasteiger partial charge in [-0.05, 0) is 91.6 Å². The number of Topliss-reactive ketones (excluding diaryl/α,β-unsaturated/α-hetero) is 1. The molecule has 3 aliphatic heterocycles. The van der Waals surface area contributed by atoms with E-state index in [-0.39, 0.29) is 24.3 Å². The van der Waals surface area contributed by atoms with E-state index in [9.17, 15) is 19.5 Å². The molecule has 1 aromatic rings. The molecule has 3 aliphatic rings. The van der Waals surface area contributed by atoms with Crippen molar-refractivity contribution in [3.8, 4) is 0 Å². The van der Waals surface area contributed by atoms with E-state index < -0.39 is 71.7 Å². The molecule has 298 valence electrons. The van der Waals surface area contributed by atoms with Gasteiger partial charge in [0.2, 0.25) is 0 Å². The first kappa shape index (κ1) is 43.2. The SMILES string of the molecule is CC[C@H]1OC(=O)/C(C)=C/[C@H](C)[C@@H](O[C@@H]2O[C@H](C)C[C@H](N(C)C)[C@H]2O)[C@](C)(OC)C[C@@H](C)C(=O)[C@H](C)[C@H]2N(NCCCc3cccc(Cl)c3)C(=O)O[C@]12C. The average Bonchev–Trinajstić information content (AvgIpc) is 3.36. The van der Waals surface area contributed by atoms with Crippen molar-refractivity contribution in [1.29, 1.82) is 0 Å². The summed E-state index contributed by atoms with van der Waals surface area (Å²) < 4.78 is 31.3. The fourth-order valence-electron chi connectivity index (χ4n) is 8.62. The molecule has 2 saturated heterocycles. The Bertz CT molecular complexity index is 1480. The Hall–Kier alpha value is -2.58. The molecule has 0 saturated carbocycles. The van der Waals surface area contributed by atoms with Crippen molar-refractivity contribution in [3.63, 3.8) is 0 Å². The second-order valence-electron chi connectivity index (χ2n) is 16.0. The van der Waals surface area contributed by atoms with Crippen LogP contribution in [-0.4, -0.2) is 115 Å². The summed E-state index contributed by atoms with van der Waals surface area (Å²) >= 11 is 6.18. The van der Waals surface area contributed by atoms with Crippen molar-refractivity contribution in [3.05, 3.63) is 46.5 Å². The zero-order chi connectivity index (χ0) is 39.4. The lowest BCUT2D eigenvalue weighted by atomic mass is 9.74. The number of fused-ring (bicyclic) bond motifs is 1. The standard InChI is InChI=1S/C40H62ClN3O9/c1-12-31-40(8)34(44(38(48)53-40)42-18-14-16-28-15-13-17-29(41)21-28)27(6)32(45)25(4)22-39(7,49-11)35(23(2)19-24(3)36(47)51-31)52-37-33(46)30(43(9)10)20-26(5)50-37/h13,15,17,19,21,23,25-27,30-31,33-35,37,42,46H,12,14,16,18,20,22H2,1-11H3/b24-19+/t23-,25+,26+,27-,30-,31+,33+,34+,35+,37-,39+,40+/m0/s1. The smallest absolute Gasteiger partial charge is 0.425 e. The molecule has 3 heterocycles. The lowest BCUT2D eigenvalue weighted by Gasteiger charge is -2.46. The molecule has 13 heteroatoms. The minimum absolute atomic E-state index is 0.111. The predicted octanol–water partition coefficient (Wildman–Crippen LogP) is 5.72. The van der Waals surface area contributed by atoms with Gasteiger partial charge in [0.15, 0.2) is 11.9 Å². The molecular formula is C40H62ClN3O9. The zero-order valence-electron chi connectivity index (χ0n) is 33.4. The minimum Gasteiger partial charge on any atom is -0.455 e. The Morgan fingerprint density at radius 3 is 2.45 bits per heavy atom. The van der Waals surface area contributed by atoms with Gasteiger partial charge in [-0.15, -0.1) is 0 Å². The Morgan fingerprint density at radius 2 is 1.83 bits per heavy atom. The van der Waals surface area contributed by atoms with Crippen molar-refractivity contribution in [1.82, 2.24) is 15.3 Å². The molecule has 1 amide bonds. The van der Waals surface area contributed by atoms with Crippen LogP contribution in [0.3, 0.4) is 0 Å². The summed E-state index contributed by atoms with van der Waals surface area (Å²) in [4.78, 5) is 44.0. The molecule has 0 spiro atoms. The van der Waals surface area contributed by atoms with E-state index in [1.807, 2.05) is 77.9 Å². The monoisotopic (exact) mass is 763 g/mol. The molecule has 0 aliphatic carbocycles. The van der Waals surface area contributed by atoms with Crippen molar-refractivity contribution < 1.29 is 43.2 Å². The third-order valence-electron chi connectivity index (χ3n) is 11.5. The summed E-state index contributed by atoms with van der Waals surface area (Å²) in [5, 5.41) is 13.5. The third-order valence-corrected chi connectivity index (χ3v) is 11.7. The molecule has 4 rings (SSSR count). The van der Waals surface area contributed by atoms with E-state index in [0.29, 0.717) is 36.4 Å². The molecule has 0 unspecified atom stereocenters. The number of nitrogens with one attached hydrogen (secondary N) is 1. The van der Waals surface area contributed by atoms with Crippen LogP contribution in [-0.2, 0) is 39.7 Å². The number of methoxy groups -OCH3 is 1. The van der Waals surface area contributed by atoms with E-state index in [1.165, 1.54) is 5.01 Å². The van der Waals surface area contributed by atoms with Gasteiger partial charge in [-0.1, -0.05) is 57.5 Å². The van der Waals surface area contributed by atoms with E-state index in [4.69, 9.17) is 35.3 Å². The number of ketones is 1. The quantitative estimate of drug-likeness (QED) is 0.224. The summed E-state index contributed by atoms with van der Waals surface area (Å²) in [5.41, 5.74) is 2.22. The maximum Gasteiger partial charge on any atom is 0.425 e. The number of aliphatic hydroxyl groups excluding tert-OH is 1. The maximum absolute atomic E-state index is 14.6. The summed E-state index contributed by atoms with van der Waals surface area (Å²) in [5.74, 6) is -2.43. The first-order valence-electron chi connectivity index (χ1n) is 19.0. The van der Waals surface area contributed by atoms with Gasteiger partial charge in [0, 0.05) is 48.0 Å². The van der Waals surface area contributed by atoms with Crippen LogP contribution in [0.5, 0.6) is 0 Å². The second-order valence-corrected chi connectivity index (χ2v) is 16.4. The summed E-state index contributed by atoms with van der Waals surface area (Å²) in [6.45, 7) is 15.1. The minimum atomic E-state index is -1.35. The van der Waals surface area contributed by atoms with Crippen LogP contribution in [0.1, 0.15) is 86.6 Å². The Kier molecular flexibility index (Phi) is 14.6. The van der Waals surface area contributed by atoms with Crippen LogP contribution in [0.15, 0.2) is 35.9 Å². The number of esters is 1. The van der Waals surface area contributed by atoms with Gasteiger partial charge in [-0.2, -0.15) is 0 Å². The first-order chi connectivity index (χ1) is 24.9. The van der Waals surface area contributed by atoms with Crippen LogP contribution >= 0.6 is 11.6 Å². The van der Waals surface area contributed by atoms with Crippen molar-refractivity contribution in [2.45, 2.75) is 141 Å². The van der Waals surface area contributed by atoms with Gasteiger partial charge >= 0.3 is 12.1 Å². The van der Waals surface area contributed by atoms with Gasteiger partial charge in [0.1, 0.15) is 24.0 Å². The largest absolute Gasteiger partial charge is 0.455 e. The molecule has 1 aromatic carbocycles. The number of carbonyl (C=O) groups excluding carboxylic acids is 3. The van der Waals surface area contributed by atoms with Gasteiger partial charge in [0.05, 0.1) is 17.8 Å². The molecule has 0 radical (unpaired) electrons. The topological polar surface area (TPSA) is 136 Å². The number of cyclic esters (lactones) is 1. The van der Waals surface area contributed by atoms with E-state index in [2.05, 4.69) is 5.43 Å². The fraction of sp³-hybridized carbons (Fsp3) is 0.725. The van der Waals surface area contributed by atoms with Crippen LogP contribution in [0.4, 0.5) is 4.79 Å².